The van der Waals surface area contributed by atoms with Crippen LogP contribution in [0, 0.1) is 0 Å². The molecule has 1 aliphatic rings. The molecule has 0 saturated carbocycles. The smallest absolute Gasteiger partial charge is 0.326 e. The third-order valence-electron chi connectivity index (χ3n) is 3.39. The molecule has 1 aliphatic heterocycles. The number of aryl methyl sites for hydroxylation is 1. The van der Waals surface area contributed by atoms with Gasteiger partial charge >= 0.3 is 6.18 Å². The van der Waals surface area contributed by atoms with Crippen LogP contribution >= 0.6 is 0 Å². The maximum atomic E-state index is 12.5. The fraction of sp³-hybridized carbons (Fsp3) is 0.200. The number of nitrogens with zero attached hydrogens (tertiary/aromatic N) is 1. The molecule has 0 unspecified atom stereocenters. The molecule has 3 rings (SSSR count). The number of amides is 1. The zero-order valence-electron chi connectivity index (χ0n) is 10.9. The molecular weight excluding hydrogens is 281 g/mol. The minimum absolute atomic E-state index is 0.0218. The first-order valence-electron chi connectivity index (χ1n) is 6.40. The average molecular weight is 292 g/mol. The molecule has 0 radical (unpaired) electrons. The summed E-state index contributed by atoms with van der Waals surface area (Å²) in [5, 5.41) is 2.76. The van der Waals surface area contributed by atoms with Gasteiger partial charge in [0.05, 0.1) is 0 Å². The molecule has 6 heteroatoms. The van der Waals surface area contributed by atoms with Gasteiger partial charge in [-0.3, -0.25) is 9.78 Å². The second kappa shape index (κ2) is 4.87. The number of carbonyl (C=O) groups is 1. The van der Waals surface area contributed by atoms with E-state index in [1.165, 1.54) is 12.3 Å². The van der Waals surface area contributed by atoms with Crippen LogP contribution < -0.4 is 5.32 Å². The van der Waals surface area contributed by atoms with Gasteiger partial charge in [-0.25, -0.2) is 0 Å². The van der Waals surface area contributed by atoms with Crippen LogP contribution in [0.25, 0.3) is 11.1 Å². The molecule has 108 valence electrons. The molecule has 0 bridgehead atoms. The van der Waals surface area contributed by atoms with Crippen molar-refractivity contribution in [3.8, 4) is 11.1 Å². The quantitative estimate of drug-likeness (QED) is 0.871. The number of alkyl halides is 3. The number of rotatable bonds is 1. The van der Waals surface area contributed by atoms with Gasteiger partial charge in [0.1, 0.15) is 5.69 Å². The number of carbonyl (C=O) groups excluding carboxylic acids is 1. The zero-order valence-corrected chi connectivity index (χ0v) is 10.9. The number of pyridine rings is 1. The number of hydrogen-bond donors (Lipinski definition) is 1. The Morgan fingerprint density at radius 2 is 1.81 bits per heavy atom. The monoisotopic (exact) mass is 292 g/mol. The number of halogens is 3. The molecule has 1 N–H and O–H groups in total. The number of nitrogens with one attached hydrogen (secondary N) is 1. The van der Waals surface area contributed by atoms with E-state index < -0.39 is 11.9 Å². The van der Waals surface area contributed by atoms with E-state index in [1.807, 2.05) is 6.07 Å². The largest absolute Gasteiger partial charge is 0.433 e. The maximum absolute atomic E-state index is 12.5. The SMILES string of the molecule is O=C1CCc2cc(-c3ccc(C(F)(F)F)nc3)ccc2N1. The van der Waals surface area contributed by atoms with Crippen LogP contribution in [0.15, 0.2) is 36.5 Å². The molecule has 0 saturated heterocycles. The van der Waals surface area contributed by atoms with Crippen molar-refractivity contribution < 1.29 is 18.0 Å². The second-order valence-electron chi connectivity index (χ2n) is 4.85. The van der Waals surface area contributed by atoms with Gasteiger partial charge in [-0.15, -0.1) is 0 Å². The molecule has 0 spiro atoms. The third-order valence-corrected chi connectivity index (χ3v) is 3.39. The van der Waals surface area contributed by atoms with Crippen LogP contribution in [-0.4, -0.2) is 10.9 Å². The summed E-state index contributed by atoms with van der Waals surface area (Å²) in [6.07, 6.45) is -2.17. The number of benzene rings is 1. The van der Waals surface area contributed by atoms with Gasteiger partial charge in [-0.2, -0.15) is 13.2 Å². The van der Waals surface area contributed by atoms with Gasteiger partial charge in [0, 0.05) is 23.9 Å². The van der Waals surface area contributed by atoms with E-state index >= 15 is 0 Å². The highest BCUT2D eigenvalue weighted by molar-refractivity contribution is 5.94. The number of aromatic nitrogens is 1. The van der Waals surface area contributed by atoms with Crippen LogP contribution in [-0.2, 0) is 17.4 Å². The van der Waals surface area contributed by atoms with Crippen LogP contribution in [0.2, 0.25) is 0 Å². The molecule has 21 heavy (non-hydrogen) atoms. The summed E-state index contributed by atoms with van der Waals surface area (Å²) in [7, 11) is 0. The van der Waals surface area contributed by atoms with Gasteiger partial charge in [0.25, 0.3) is 0 Å². The third kappa shape index (κ3) is 2.74. The molecule has 0 atom stereocenters. The summed E-state index contributed by atoms with van der Waals surface area (Å²) < 4.78 is 37.4. The van der Waals surface area contributed by atoms with Crippen molar-refractivity contribution in [3.63, 3.8) is 0 Å². The van der Waals surface area contributed by atoms with E-state index in [1.54, 1.807) is 12.1 Å². The first-order valence-corrected chi connectivity index (χ1v) is 6.40. The van der Waals surface area contributed by atoms with Gasteiger partial charge in [-0.05, 0) is 35.7 Å². The molecule has 3 nitrogen and oxygen atoms in total. The number of hydrogen-bond acceptors (Lipinski definition) is 2. The number of anilines is 1. The minimum atomic E-state index is -4.43. The lowest BCUT2D eigenvalue weighted by Gasteiger charge is -2.17. The highest BCUT2D eigenvalue weighted by atomic mass is 19.4. The van der Waals surface area contributed by atoms with Crippen LogP contribution in [0.1, 0.15) is 17.7 Å². The predicted molar refractivity (Wildman–Crippen MR) is 71.6 cm³/mol. The minimum Gasteiger partial charge on any atom is -0.326 e. The molecule has 0 fully saturated rings. The first kappa shape index (κ1) is 13.6. The average Bonchev–Trinajstić information content (AvgIpc) is 2.46. The van der Waals surface area contributed by atoms with Crippen LogP contribution in [0.5, 0.6) is 0 Å². The van der Waals surface area contributed by atoms with Crippen molar-refractivity contribution in [3.05, 3.63) is 47.8 Å². The van der Waals surface area contributed by atoms with E-state index in [4.69, 9.17) is 0 Å². The lowest BCUT2D eigenvalue weighted by molar-refractivity contribution is -0.141. The Balaban J connectivity index is 1.92. The summed E-state index contributed by atoms with van der Waals surface area (Å²) in [6.45, 7) is 0. The van der Waals surface area contributed by atoms with E-state index in [-0.39, 0.29) is 5.91 Å². The molecular formula is C15H11F3N2O. The fourth-order valence-corrected chi connectivity index (χ4v) is 2.30. The summed E-state index contributed by atoms with van der Waals surface area (Å²) >= 11 is 0. The van der Waals surface area contributed by atoms with E-state index in [9.17, 15) is 18.0 Å². The predicted octanol–water partition coefficient (Wildman–Crippen LogP) is 3.65. The fourth-order valence-electron chi connectivity index (χ4n) is 2.30. The highest BCUT2D eigenvalue weighted by Gasteiger charge is 2.32. The van der Waals surface area contributed by atoms with E-state index in [0.717, 1.165) is 22.9 Å². The molecule has 1 amide bonds. The first-order chi connectivity index (χ1) is 9.93. The number of fused-ring (bicyclic) bond motifs is 1. The van der Waals surface area contributed by atoms with Gasteiger partial charge in [0.15, 0.2) is 0 Å². The Morgan fingerprint density at radius 1 is 1.05 bits per heavy atom. The molecule has 2 heterocycles. The molecule has 1 aromatic carbocycles. The van der Waals surface area contributed by atoms with Crippen LogP contribution in [0.4, 0.5) is 18.9 Å². The Morgan fingerprint density at radius 3 is 2.48 bits per heavy atom. The van der Waals surface area contributed by atoms with Crippen molar-refractivity contribution in [2.24, 2.45) is 0 Å². The Kier molecular flexibility index (Phi) is 3.16. The van der Waals surface area contributed by atoms with E-state index in [2.05, 4.69) is 10.3 Å². The summed E-state index contributed by atoms with van der Waals surface area (Å²) in [5.41, 5.74) is 2.23. The molecule has 0 aliphatic carbocycles. The van der Waals surface area contributed by atoms with E-state index in [0.29, 0.717) is 18.4 Å². The topological polar surface area (TPSA) is 42.0 Å². The maximum Gasteiger partial charge on any atom is 0.433 e. The van der Waals surface area contributed by atoms with Crippen molar-refractivity contribution in [2.45, 2.75) is 19.0 Å². The second-order valence-corrected chi connectivity index (χ2v) is 4.85. The van der Waals surface area contributed by atoms with Crippen LogP contribution in [0.3, 0.4) is 0 Å². The molecule has 1 aromatic heterocycles. The summed E-state index contributed by atoms with van der Waals surface area (Å²) in [6, 6.07) is 7.77. The highest BCUT2D eigenvalue weighted by Crippen LogP contribution is 2.31. The van der Waals surface area contributed by atoms with Gasteiger partial charge in [-0.1, -0.05) is 12.1 Å². The lowest BCUT2D eigenvalue weighted by atomic mass is 9.97. The molecule has 2 aromatic rings. The van der Waals surface area contributed by atoms with Gasteiger partial charge < -0.3 is 5.32 Å². The Bertz CT molecular complexity index is 693. The standard InChI is InChI=1S/C15H11F3N2O/c16-15(17,18)13-5-2-11(8-19-13)9-1-4-12-10(7-9)3-6-14(21)20-12/h1-2,4-5,7-8H,3,6H2,(H,20,21). The Hall–Kier alpha value is -2.37. The van der Waals surface area contributed by atoms with Crippen molar-refractivity contribution in [1.82, 2.24) is 4.98 Å². The lowest BCUT2D eigenvalue weighted by Crippen LogP contribution is -2.18. The summed E-state index contributed by atoms with van der Waals surface area (Å²) in [5.74, 6) is -0.0218. The van der Waals surface area contributed by atoms with Crippen molar-refractivity contribution in [1.29, 1.82) is 0 Å². The van der Waals surface area contributed by atoms with Crippen molar-refractivity contribution >= 4 is 11.6 Å². The zero-order chi connectivity index (χ0) is 15.0. The summed E-state index contributed by atoms with van der Waals surface area (Å²) in [4.78, 5) is 14.7. The van der Waals surface area contributed by atoms with Crippen molar-refractivity contribution in [2.75, 3.05) is 5.32 Å². The normalized spacial score (nSPS) is 14.5. The Labute approximate surface area is 118 Å². The van der Waals surface area contributed by atoms with Gasteiger partial charge in [0.2, 0.25) is 5.91 Å².